The van der Waals surface area contributed by atoms with Gasteiger partial charge in [-0.1, -0.05) is 77.0 Å². The molecule has 22 nitrogen and oxygen atoms in total. The first-order chi connectivity index (χ1) is 28.1. The van der Waals surface area contributed by atoms with Crippen molar-refractivity contribution >= 4 is 59.3 Å². The molecule has 0 aliphatic carbocycles. The Morgan fingerprint density at radius 2 is 0.729 bits per heavy atom. The van der Waals surface area contributed by atoms with Gasteiger partial charge in [0.2, 0.25) is 41.4 Å². The van der Waals surface area contributed by atoms with Gasteiger partial charge in [-0.25, -0.2) is 4.79 Å². The van der Waals surface area contributed by atoms with E-state index in [0.717, 1.165) is 57.8 Å². The van der Waals surface area contributed by atoms with Crippen molar-refractivity contribution in [3.63, 3.8) is 0 Å². The van der Waals surface area contributed by atoms with Crippen molar-refractivity contribution < 1.29 is 73.5 Å². The Balaban J connectivity index is 4.28. The van der Waals surface area contributed by atoms with Crippen LogP contribution in [-0.4, -0.2) is 142 Å². The standard InChI is InChI=1S/C37H63N7O15/c45-23-26(35(56)40-19-30(49)39-22-34(54)55)44-32(51)21-41-36(57)27(24-46)43-31(50)20-38-28(47)18-17-25(37(58)59)42-29(48)15-13-11-9-7-5-3-1-2-4-6-8-10-12-14-16-33(52)53/h25-27,45-46H,1-24H2,(H,38,47)(H,39,49)(H,40,56)(H,41,57)(H,42,48)(H,43,50)(H,44,51)(H,52,53)(H,54,55)(H,58,59)/t25-,26-,27-/m0/s1. The monoisotopic (exact) mass is 845 g/mol. The van der Waals surface area contributed by atoms with Crippen LogP contribution in [0.1, 0.15) is 116 Å². The largest absolute Gasteiger partial charge is 0.481 e. The van der Waals surface area contributed by atoms with Gasteiger partial charge in [0.25, 0.3) is 0 Å². The van der Waals surface area contributed by atoms with Crippen LogP contribution in [0.4, 0.5) is 0 Å². The van der Waals surface area contributed by atoms with E-state index in [-0.39, 0.29) is 25.7 Å². The van der Waals surface area contributed by atoms with E-state index < -0.39 is 117 Å². The van der Waals surface area contributed by atoms with Gasteiger partial charge in [-0.3, -0.25) is 43.2 Å². The van der Waals surface area contributed by atoms with E-state index in [1.165, 1.54) is 25.7 Å². The van der Waals surface area contributed by atoms with Gasteiger partial charge in [0.1, 0.15) is 24.7 Å². The molecule has 7 amide bonds. The number of hydrogen-bond acceptors (Lipinski definition) is 12. The van der Waals surface area contributed by atoms with Gasteiger partial charge < -0.3 is 62.8 Å². The molecule has 0 aromatic carbocycles. The lowest BCUT2D eigenvalue weighted by atomic mass is 10.0. The highest BCUT2D eigenvalue weighted by Gasteiger charge is 2.24. The van der Waals surface area contributed by atoms with Gasteiger partial charge >= 0.3 is 17.9 Å². The Bertz CT molecular complexity index is 1360. The summed E-state index contributed by atoms with van der Waals surface area (Å²) in [6.07, 6.45) is 14.1. The maximum Gasteiger partial charge on any atom is 0.326 e. The molecular formula is C37H63N7O15. The first kappa shape index (κ1) is 53.6. The number of unbranched alkanes of at least 4 members (excludes halogenated alkanes) is 13. The summed E-state index contributed by atoms with van der Waals surface area (Å²) in [4.78, 5) is 118. The molecule has 0 unspecified atom stereocenters. The number of aliphatic carboxylic acids is 3. The Labute approximate surface area is 342 Å². The predicted molar refractivity (Wildman–Crippen MR) is 208 cm³/mol. The molecule has 0 aromatic rings. The topological polar surface area (TPSA) is 356 Å². The fourth-order valence-corrected chi connectivity index (χ4v) is 5.45. The Hall–Kier alpha value is -5.38. The van der Waals surface area contributed by atoms with Gasteiger partial charge in [0.05, 0.1) is 32.8 Å². The third-order valence-corrected chi connectivity index (χ3v) is 8.74. The number of aliphatic hydroxyl groups is 2. The third-order valence-electron chi connectivity index (χ3n) is 8.74. The van der Waals surface area contributed by atoms with Gasteiger partial charge in [-0.15, -0.1) is 0 Å². The van der Waals surface area contributed by atoms with Gasteiger partial charge in [-0.2, -0.15) is 0 Å². The van der Waals surface area contributed by atoms with Crippen LogP contribution in [0.25, 0.3) is 0 Å². The van der Waals surface area contributed by atoms with Crippen LogP contribution in [0.2, 0.25) is 0 Å². The molecule has 336 valence electrons. The summed E-state index contributed by atoms with van der Waals surface area (Å²) in [6, 6.07) is -4.45. The average molecular weight is 846 g/mol. The second-order valence-corrected chi connectivity index (χ2v) is 13.8. The van der Waals surface area contributed by atoms with Crippen LogP contribution in [0.15, 0.2) is 0 Å². The van der Waals surface area contributed by atoms with Crippen molar-refractivity contribution in [3.8, 4) is 0 Å². The van der Waals surface area contributed by atoms with E-state index >= 15 is 0 Å². The van der Waals surface area contributed by atoms with Crippen molar-refractivity contribution in [3.05, 3.63) is 0 Å². The molecule has 0 aliphatic heterocycles. The summed E-state index contributed by atoms with van der Waals surface area (Å²) in [6.45, 7) is -4.59. The molecule has 0 rings (SSSR count). The minimum atomic E-state index is -1.57. The first-order valence-corrected chi connectivity index (χ1v) is 19.9. The molecule has 0 fully saturated rings. The Morgan fingerprint density at radius 1 is 0.356 bits per heavy atom. The van der Waals surface area contributed by atoms with Crippen molar-refractivity contribution in [1.29, 1.82) is 0 Å². The number of aliphatic hydroxyl groups excluding tert-OH is 2. The van der Waals surface area contributed by atoms with Crippen molar-refractivity contribution in [2.45, 2.75) is 134 Å². The number of carbonyl (C=O) groups is 10. The van der Waals surface area contributed by atoms with Gasteiger partial charge in [0, 0.05) is 19.3 Å². The number of carboxylic acids is 3. The second-order valence-electron chi connectivity index (χ2n) is 13.8. The van der Waals surface area contributed by atoms with Crippen molar-refractivity contribution in [2.75, 3.05) is 39.4 Å². The predicted octanol–water partition coefficient (Wildman–Crippen LogP) is -1.83. The minimum absolute atomic E-state index is 0.136. The maximum atomic E-state index is 12.4. The summed E-state index contributed by atoms with van der Waals surface area (Å²) in [5.74, 6) is -9.34. The van der Waals surface area contributed by atoms with E-state index in [1.807, 2.05) is 5.32 Å². The van der Waals surface area contributed by atoms with E-state index in [2.05, 4.69) is 31.9 Å². The maximum absolute atomic E-state index is 12.4. The van der Waals surface area contributed by atoms with Gasteiger partial charge in [-0.05, 0) is 19.3 Å². The van der Waals surface area contributed by atoms with E-state index in [0.29, 0.717) is 6.42 Å². The molecule has 0 aromatic heterocycles. The molecule has 0 bridgehead atoms. The second kappa shape index (κ2) is 33.6. The van der Waals surface area contributed by atoms with Crippen LogP contribution in [0.5, 0.6) is 0 Å². The lowest BCUT2D eigenvalue weighted by Crippen LogP contribution is -2.55. The Morgan fingerprint density at radius 3 is 1.14 bits per heavy atom. The van der Waals surface area contributed by atoms with Crippen LogP contribution >= 0.6 is 0 Å². The highest BCUT2D eigenvalue weighted by molar-refractivity contribution is 5.94. The fraction of sp³-hybridized carbons (Fsp3) is 0.730. The SMILES string of the molecule is O=C(O)CCCCCCCCCCCCCCCCC(=O)N[C@@H](CCC(=O)NCC(=O)N[C@@H](CO)C(=O)NCC(=O)N[C@@H](CO)C(=O)NCC(=O)NCC(=O)O)C(=O)O. The summed E-state index contributed by atoms with van der Waals surface area (Å²) in [5, 5.41) is 60.7. The zero-order chi connectivity index (χ0) is 44.4. The van der Waals surface area contributed by atoms with E-state index in [1.54, 1.807) is 0 Å². The first-order valence-electron chi connectivity index (χ1n) is 19.9. The fourth-order valence-electron chi connectivity index (χ4n) is 5.45. The summed E-state index contributed by atoms with van der Waals surface area (Å²) >= 11 is 0. The molecule has 0 heterocycles. The van der Waals surface area contributed by atoms with Gasteiger partial charge in [0.15, 0.2) is 0 Å². The summed E-state index contributed by atoms with van der Waals surface area (Å²) in [7, 11) is 0. The number of carbonyl (C=O) groups excluding carboxylic acids is 7. The lowest BCUT2D eigenvalue weighted by Gasteiger charge is -2.18. The molecule has 22 heteroatoms. The summed E-state index contributed by atoms with van der Waals surface area (Å²) < 4.78 is 0. The number of carboxylic acid groups (broad SMARTS) is 3. The molecule has 0 aliphatic rings. The van der Waals surface area contributed by atoms with Crippen molar-refractivity contribution in [2.24, 2.45) is 0 Å². The lowest BCUT2D eigenvalue weighted by molar-refractivity contribution is -0.142. The average Bonchev–Trinajstić information content (AvgIpc) is 3.19. The molecule has 0 spiro atoms. The molecule has 3 atom stereocenters. The molecular weight excluding hydrogens is 782 g/mol. The molecule has 0 radical (unpaired) electrons. The molecule has 0 saturated carbocycles. The number of rotatable bonds is 36. The van der Waals surface area contributed by atoms with E-state index in [4.69, 9.17) is 10.2 Å². The van der Waals surface area contributed by atoms with Crippen LogP contribution in [0.3, 0.4) is 0 Å². The number of amides is 7. The van der Waals surface area contributed by atoms with Crippen LogP contribution in [-0.2, 0) is 47.9 Å². The third kappa shape index (κ3) is 30.4. The molecule has 12 N–H and O–H groups in total. The van der Waals surface area contributed by atoms with Crippen LogP contribution in [0, 0.1) is 0 Å². The number of hydrogen-bond donors (Lipinski definition) is 12. The minimum Gasteiger partial charge on any atom is -0.481 e. The zero-order valence-corrected chi connectivity index (χ0v) is 33.5. The highest BCUT2D eigenvalue weighted by Crippen LogP contribution is 2.14. The highest BCUT2D eigenvalue weighted by atomic mass is 16.4. The smallest absolute Gasteiger partial charge is 0.326 e. The van der Waals surface area contributed by atoms with E-state index in [9.17, 15) is 63.3 Å². The van der Waals surface area contributed by atoms with Crippen molar-refractivity contribution in [1.82, 2.24) is 37.2 Å². The molecule has 0 saturated heterocycles. The zero-order valence-electron chi connectivity index (χ0n) is 33.5. The number of nitrogens with one attached hydrogen (secondary N) is 7. The summed E-state index contributed by atoms with van der Waals surface area (Å²) in [5.41, 5.74) is 0. The van der Waals surface area contributed by atoms with Crippen LogP contribution < -0.4 is 37.2 Å². The molecule has 59 heavy (non-hydrogen) atoms. The Kier molecular flexibility index (Phi) is 30.5. The quantitative estimate of drug-likeness (QED) is 0.0309. The normalized spacial score (nSPS) is 12.2.